The van der Waals surface area contributed by atoms with E-state index in [-0.39, 0.29) is 0 Å². The molecule has 0 amide bonds. The molecular weight excluding hydrogens is 198 g/mol. The Morgan fingerprint density at radius 3 is 2.81 bits per heavy atom. The van der Waals surface area contributed by atoms with Gasteiger partial charge in [0.1, 0.15) is 0 Å². The molecule has 90 valence electrons. The van der Waals surface area contributed by atoms with Crippen LogP contribution in [-0.2, 0) is 0 Å². The zero-order chi connectivity index (χ0) is 11.2. The fourth-order valence-electron chi connectivity index (χ4n) is 2.82. The maximum absolute atomic E-state index is 5.19. The normalized spacial score (nSPS) is 27.3. The van der Waals surface area contributed by atoms with Gasteiger partial charge in [0.2, 0.25) is 0 Å². The molecular formula is C13H23N3. The summed E-state index contributed by atoms with van der Waals surface area (Å²) in [4.78, 5) is 5.24. The van der Waals surface area contributed by atoms with Crippen molar-refractivity contribution < 1.29 is 0 Å². The topological polar surface area (TPSA) is 18.5 Å². The summed E-state index contributed by atoms with van der Waals surface area (Å²) in [6.45, 7) is 8.05. The number of terminal acetylenes is 1. The van der Waals surface area contributed by atoms with Gasteiger partial charge in [0.25, 0.3) is 0 Å². The molecule has 1 N–H and O–H groups in total. The second kappa shape index (κ2) is 6.24. The monoisotopic (exact) mass is 221 g/mol. The molecule has 2 saturated heterocycles. The molecule has 0 aromatic heterocycles. The van der Waals surface area contributed by atoms with E-state index in [0.29, 0.717) is 6.54 Å². The van der Waals surface area contributed by atoms with E-state index in [1.807, 2.05) is 0 Å². The summed E-state index contributed by atoms with van der Waals surface area (Å²) >= 11 is 0. The molecule has 16 heavy (non-hydrogen) atoms. The quantitative estimate of drug-likeness (QED) is 0.535. The lowest BCUT2D eigenvalue weighted by atomic mass is 10.2. The molecule has 0 saturated carbocycles. The van der Waals surface area contributed by atoms with Crippen molar-refractivity contribution in [2.24, 2.45) is 0 Å². The Labute approximate surface area is 99.2 Å². The first-order chi connectivity index (χ1) is 7.90. The molecule has 2 aliphatic heterocycles. The third-order valence-corrected chi connectivity index (χ3v) is 3.74. The summed E-state index contributed by atoms with van der Waals surface area (Å²) in [6.07, 6.45) is 9.36. The van der Waals surface area contributed by atoms with Crippen LogP contribution in [0.15, 0.2) is 0 Å². The van der Waals surface area contributed by atoms with E-state index >= 15 is 0 Å². The van der Waals surface area contributed by atoms with E-state index in [1.54, 1.807) is 0 Å². The second-order valence-electron chi connectivity index (χ2n) is 4.87. The van der Waals surface area contributed by atoms with Crippen molar-refractivity contribution in [2.75, 3.05) is 45.8 Å². The summed E-state index contributed by atoms with van der Waals surface area (Å²) in [5.74, 6) is 2.61. The molecule has 2 aliphatic rings. The average Bonchev–Trinajstić information content (AvgIpc) is 2.94. The van der Waals surface area contributed by atoms with Crippen LogP contribution in [0.25, 0.3) is 0 Å². The standard InChI is InChI=1S/C13H23N3/c1-2-6-14-7-11-15-10-5-13(12-15)16-8-3-4-9-16/h1,13-14H,3-12H2. The maximum Gasteiger partial charge on any atom is 0.0574 e. The fourth-order valence-corrected chi connectivity index (χ4v) is 2.82. The summed E-state index contributed by atoms with van der Waals surface area (Å²) in [5.41, 5.74) is 0. The second-order valence-corrected chi connectivity index (χ2v) is 4.87. The minimum Gasteiger partial charge on any atom is -0.305 e. The van der Waals surface area contributed by atoms with Gasteiger partial charge in [-0.1, -0.05) is 5.92 Å². The van der Waals surface area contributed by atoms with E-state index < -0.39 is 0 Å². The Morgan fingerprint density at radius 2 is 2.06 bits per heavy atom. The van der Waals surface area contributed by atoms with Crippen molar-refractivity contribution in [1.29, 1.82) is 0 Å². The van der Waals surface area contributed by atoms with Crippen LogP contribution in [0.2, 0.25) is 0 Å². The molecule has 2 fully saturated rings. The first-order valence-electron chi connectivity index (χ1n) is 6.51. The Hall–Kier alpha value is -0.560. The van der Waals surface area contributed by atoms with E-state index in [1.165, 1.54) is 45.4 Å². The van der Waals surface area contributed by atoms with Crippen LogP contribution in [0.5, 0.6) is 0 Å². The van der Waals surface area contributed by atoms with E-state index in [9.17, 15) is 0 Å². The third-order valence-electron chi connectivity index (χ3n) is 3.74. The van der Waals surface area contributed by atoms with Crippen LogP contribution in [0.4, 0.5) is 0 Å². The van der Waals surface area contributed by atoms with Crippen LogP contribution in [-0.4, -0.2) is 61.7 Å². The van der Waals surface area contributed by atoms with Crippen molar-refractivity contribution >= 4 is 0 Å². The van der Waals surface area contributed by atoms with Crippen molar-refractivity contribution in [3.63, 3.8) is 0 Å². The number of hydrogen-bond acceptors (Lipinski definition) is 3. The number of rotatable bonds is 5. The highest BCUT2D eigenvalue weighted by atomic mass is 15.3. The Morgan fingerprint density at radius 1 is 1.25 bits per heavy atom. The molecule has 0 aliphatic carbocycles. The van der Waals surface area contributed by atoms with Gasteiger partial charge < -0.3 is 10.2 Å². The number of nitrogens with one attached hydrogen (secondary N) is 1. The van der Waals surface area contributed by atoms with E-state index in [0.717, 1.165) is 19.1 Å². The maximum atomic E-state index is 5.19. The van der Waals surface area contributed by atoms with Crippen LogP contribution in [0.1, 0.15) is 19.3 Å². The molecule has 3 heteroatoms. The van der Waals surface area contributed by atoms with Gasteiger partial charge >= 0.3 is 0 Å². The molecule has 2 rings (SSSR count). The zero-order valence-corrected chi connectivity index (χ0v) is 10.1. The lowest BCUT2D eigenvalue weighted by Crippen LogP contribution is -2.37. The highest BCUT2D eigenvalue weighted by Crippen LogP contribution is 2.19. The number of nitrogens with zero attached hydrogens (tertiary/aromatic N) is 2. The summed E-state index contributed by atoms with van der Waals surface area (Å²) < 4.78 is 0. The lowest BCUT2D eigenvalue weighted by molar-refractivity contribution is 0.232. The van der Waals surface area contributed by atoms with Gasteiger partial charge in [-0.3, -0.25) is 4.90 Å². The van der Waals surface area contributed by atoms with Gasteiger partial charge in [0.15, 0.2) is 0 Å². The molecule has 2 heterocycles. The molecule has 3 nitrogen and oxygen atoms in total. The average molecular weight is 221 g/mol. The summed E-state index contributed by atoms with van der Waals surface area (Å²) in [6, 6.07) is 0.829. The SMILES string of the molecule is C#CCNCCN1CCC(N2CCCC2)C1. The largest absolute Gasteiger partial charge is 0.305 e. The van der Waals surface area contributed by atoms with Crippen LogP contribution in [0.3, 0.4) is 0 Å². The van der Waals surface area contributed by atoms with Crippen LogP contribution in [0, 0.1) is 12.3 Å². The Balaban J connectivity index is 1.61. The van der Waals surface area contributed by atoms with Gasteiger partial charge in [-0.15, -0.1) is 6.42 Å². The highest BCUT2D eigenvalue weighted by Gasteiger charge is 2.28. The summed E-state index contributed by atoms with van der Waals surface area (Å²) in [7, 11) is 0. The van der Waals surface area contributed by atoms with Gasteiger partial charge in [-0.2, -0.15) is 0 Å². The minimum absolute atomic E-state index is 0.698. The minimum atomic E-state index is 0.698. The Bertz CT molecular complexity index is 240. The van der Waals surface area contributed by atoms with Crippen molar-refractivity contribution in [3.8, 4) is 12.3 Å². The van der Waals surface area contributed by atoms with Gasteiger partial charge in [0.05, 0.1) is 6.54 Å². The predicted octanol–water partition coefficient (Wildman–Crippen LogP) is 0.379. The molecule has 0 spiro atoms. The van der Waals surface area contributed by atoms with E-state index in [2.05, 4.69) is 21.0 Å². The zero-order valence-electron chi connectivity index (χ0n) is 10.1. The van der Waals surface area contributed by atoms with Gasteiger partial charge in [0, 0.05) is 25.7 Å². The highest BCUT2D eigenvalue weighted by molar-refractivity contribution is 4.88. The van der Waals surface area contributed by atoms with Gasteiger partial charge in [-0.05, 0) is 38.9 Å². The Kier molecular flexibility index (Phi) is 4.65. The third kappa shape index (κ3) is 3.21. The molecule has 1 unspecified atom stereocenters. The summed E-state index contributed by atoms with van der Waals surface area (Å²) in [5, 5.41) is 3.25. The van der Waals surface area contributed by atoms with Crippen molar-refractivity contribution in [1.82, 2.24) is 15.1 Å². The molecule has 0 aromatic rings. The first kappa shape index (κ1) is 11.9. The molecule has 0 bridgehead atoms. The van der Waals surface area contributed by atoms with Crippen molar-refractivity contribution in [2.45, 2.75) is 25.3 Å². The predicted molar refractivity (Wildman–Crippen MR) is 67.4 cm³/mol. The molecule has 1 atom stereocenters. The smallest absolute Gasteiger partial charge is 0.0574 e. The molecule has 0 aromatic carbocycles. The first-order valence-corrected chi connectivity index (χ1v) is 6.51. The molecule has 0 radical (unpaired) electrons. The van der Waals surface area contributed by atoms with Crippen molar-refractivity contribution in [3.05, 3.63) is 0 Å². The number of likely N-dealkylation sites (tertiary alicyclic amines) is 2. The fraction of sp³-hybridized carbons (Fsp3) is 0.846. The van der Waals surface area contributed by atoms with Crippen LogP contribution < -0.4 is 5.32 Å². The lowest BCUT2D eigenvalue weighted by Gasteiger charge is -2.23. The van der Waals surface area contributed by atoms with Crippen LogP contribution >= 0.6 is 0 Å². The van der Waals surface area contributed by atoms with Gasteiger partial charge in [-0.25, -0.2) is 0 Å². The van der Waals surface area contributed by atoms with E-state index in [4.69, 9.17) is 6.42 Å². The number of hydrogen-bond donors (Lipinski definition) is 1.